The maximum absolute atomic E-state index is 9.72. The van der Waals surface area contributed by atoms with Crippen molar-refractivity contribution in [2.45, 2.75) is 26.2 Å². The minimum Gasteiger partial charge on any atom is -0.310 e. The van der Waals surface area contributed by atoms with Gasteiger partial charge in [0.2, 0.25) is 0 Å². The summed E-state index contributed by atoms with van der Waals surface area (Å²) in [5, 5.41) is -0.386. The summed E-state index contributed by atoms with van der Waals surface area (Å²) in [6.07, 6.45) is 0. The quantitative estimate of drug-likeness (QED) is 0.141. The third-order valence-corrected chi connectivity index (χ3v) is 17.2. The topological polar surface area (TPSA) is 16.3 Å². The summed E-state index contributed by atoms with van der Waals surface area (Å²) in [6.45, 7) is 5.56. The van der Waals surface area contributed by atoms with Gasteiger partial charge < -0.3 is 18.9 Å². The van der Waals surface area contributed by atoms with Crippen molar-refractivity contribution in [3.8, 4) is 55.9 Å². The van der Waals surface area contributed by atoms with E-state index in [0.717, 1.165) is 33.3 Å². The van der Waals surface area contributed by atoms with Crippen molar-refractivity contribution >= 4 is 101 Å². The smallest absolute Gasteiger partial charge is 0.252 e. The molecule has 2 aliphatic heterocycles. The first-order valence-electron chi connectivity index (χ1n) is 37.9. The van der Waals surface area contributed by atoms with E-state index in [1.165, 1.54) is 9.13 Å². The van der Waals surface area contributed by atoms with Crippen LogP contribution in [0.5, 0.6) is 0 Å². The highest BCUT2D eigenvalue weighted by atomic mass is 15.2. The SMILES string of the molecule is [2H]c1cc(-c2ccccc2)c(N2c3cc(-n4c5c([2H])c([2H])c([2H])c([2H])c5c5c([2H])c([2H])c([2H])c([2H])c54)ccc3B3c4ccc(-n5c6c([2H])c([2H])c([2H])c([2H])c6c6c([2H])c([2H])c([2H])c([2H])c65)cc4N(c4c(-c5ccccc5)cc([2H])cc4-c4ccccc4)c4cc(C(C)(C)C)cc2c43)c(-c2ccccc2)c1. The summed E-state index contributed by atoms with van der Waals surface area (Å²) < 4.78 is 172. The first kappa shape index (κ1) is 35.4. The van der Waals surface area contributed by atoms with E-state index in [1.807, 2.05) is 170 Å². The van der Waals surface area contributed by atoms with Crippen molar-refractivity contribution in [3.05, 3.63) is 308 Å². The van der Waals surface area contributed by atoms with Gasteiger partial charge in [0.15, 0.2) is 0 Å². The Kier molecular flexibility index (Phi) is 8.09. The molecule has 0 spiro atoms. The van der Waals surface area contributed by atoms with E-state index in [0.29, 0.717) is 67.3 Å². The average Bonchev–Trinajstić information content (AvgIpc) is 1.67. The lowest BCUT2D eigenvalue weighted by molar-refractivity contribution is 0.590. The number of nitrogens with zero attached hydrogens (tertiary/aromatic N) is 4. The van der Waals surface area contributed by atoms with Crippen LogP contribution in [-0.4, -0.2) is 15.8 Å². The van der Waals surface area contributed by atoms with Gasteiger partial charge in [-0.25, -0.2) is 0 Å². The summed E-state index contributed by atoms with van der Waals surface area (Å²) in [6, 6.07) is 54.1. The van der Waals surface area contributed by atoms with Crippen LogP contribution in [0.1, 0.15) is 51.0 Å². The molecule has 0 radical (unpaired) electrons. The molecule has 2 aliphatic rings. The van der Waals surface area contributed by atoms with Crippen LogP contribution in [0.2, 0.25) is 0 Å². The van der Waals surface area contributed by atoms with E-state index in [4.69, 9.17) is 11.0 Å². The van der Waals surface area contributed by atoms with E-state index in [1.54, 1.807) is 12.1 Å². The molecule has 5 heteroatoms. The second-order valence-electron chi connectivity index (χ2n) is 23.1. The summed E-state index contributed by atoms with van der Waals surface area (Å²) in [5.74, 6) is 0. The highest BCUT2D eigenvalue weighted by molar-refractivity contribution is 7.00. The zero-order valence-electron chi connectivity index (χ0n) is 65.3. The largest absolute Gasteiger partial charge is 0.310 e. The van der Waals surface area contributed by atoms with Crippen LogP contribution in [0.3, 0.4) is 0 Å². The standard InChI is InChI=1S/C82H59BN4/c1-82(2,3)58-50-77-79-78(51-58)87(81-63(56-30-12-6-13-31-56)40-25-41-64(81)57-32-14-7-15-33-57)76-53-60(85-73-44-22-18-36-67(73)68-37-19-23-45-74(68)85)47-49-70(76)83(79)69-48-46-59(84-71-42-20-16-34-65(71)66-35-17-21-43-72(66)84)52-75(69)86(77)80-61(54-26-8-4-9-27-54)38-24-39-62(80)55-28-10-5-11-29-55/h4-53H,1-3H3/i16D,17D,18D,19D,20D,21D,22D,23D,24D,25D,34D,35D,36D,37D,42D,43D,44D,45D. The maximum Gasteiger partial charge on any atom is 0.252 e. The molecular formula is C82H59BN4. The van der Waals surface area contributed by atoms with E-state index < -0.39 is 109 Å². The Hall–Kier alpha value is -10.9. The van der Waals surface area contributed by atoms with Gasteiger partial charge in [-0.15, -0.1) is 0 Å². The van der Waals surface area contributed by atoms with E-state index in [2.05, 4.69) is 42.7 Å². The number of hydrogen-bond donors (Lipinski definition) is 0. The molecule has 0 fully saturated rings. The van der Waals surface area contributed by atoms with Gasteiger partial charge in [-0.3, -0.25) is 0 Å². The van der Waals surface area contributed by atoms with E-state index in [9.17, 15) is 13.7 Å². The summed E-state index contributed by atoms with van der Waals surface area (Å²) in [7, 11) is 0. The van der Waals surface area contributed by atoms with Crippen LogP contribution in [0.4, 0.5) is 34.1 Å². The highest BCUT2D eigenvalue weighted by Crippen LogP contribution is 2.54. The van der Waals surface area contributed by atoms with Gasteiger partial charge in [-0.2, -0.15) is 0 Å². The fourth-order valence-corrected chi connectivity index (χ4v) is 13.3. The number of aromatic nitrogens is 2. The summed E-state index contributed by atoms with van der Waals surface area (Å²) in [4.78, 5) is 4.40. The zero-order chi connectivity index (χ0) is 73.6. The Morgan fingerprint density at radius 1 is 0.322 bits per heavy atom. The minimum atomic E-state index is -0.795. The monoisotopic (exact) mass is 1130 g/mol. The van der Waals surface area contributed by atoms with Crippen molar-refractivity contribution in [1.82, 2.24) is 9.13 Å². The Morgan fingerprint density at radius 3 is 0.943 bits per heavy atom. The molecule has 4 heterocycles. The number of rotatable bonds is 8. The van der Waals surface area contributed by atoms with Crippen molar-refractivity contribution in [2.24, 2.45) is 0 Å². The summed E-state index contributed by atoms with van der Waals surface area (Å²) in [5.41, 5.74) is 11.9. The third kappa shape index (κ3) is 7.93. The minimum absolute atomic E-state index is 0.0790. The lowest BCUT2D eigenvalue weighted by Crippen LogP contribution is -2.61. The Morgan fingerprint density at radius 2 is 0.632 bits per heavy atom. The molecule has 0 atom stereocenters. The lowest BCUT2D eigenvalue weighted by atomic mass is 9.33. The van der Waals surface area contributed by atoms with Gasteiger partial charge >= 0.3 is 0 Å². The van der Waals surface area contributed by atoms with Crippen LogP contribution < -0.4 is 26.2 Å². The van der Waals surface area contributed by atoms with Crippen molar-refractivity contribution in [1.29, 1.82) is 0 Å². The predicted molar refractivity (Wildman–Crippen MR) is 370 cm³/mol. The van der Waals surface area contributed by atoms with E-state index >= 15 is 0 Å². The number of hydrogen-bond acceptors (Lipinski definition) is 2. The lowest BCUT2D eigenvalue weighted by Gasteiger charge is -2.46. The molecule has 410 valence electrons. The second-order valence-corrected chi connectivity index (χ2v) is 23.1. The fraction of sp³-hybridized carbons (Fsp3) is 0.0488. The molecule has 0 aliphatic carbocycles. The van der Waals surface area contributed by atoms with Crippen LogP contribution in [0.15, 0.2) is 303 Å². The number of fused-ring (bicyclic) bond motifs is 10. The second kappa shape index (κ2) is 19.9. The Labute approximate surface area is 533 Å². The molecule has 13 aromatic carbocycles. The first-order chi connectivity index (χ1) is 50.3. The molecule has 17 rings (SSSR count). The van der Waals surface area contributed by atoms with Crippen molar-refractivity contribution < 1.29 is 24.7 Å². The van der Waals surface area contributed by atoms with Crippen molar-refractivity contribution in [2.75, 3.05) is 9.80 Å². The molecule has 0 saturated heterocycles. The zero-order valence-corrected chi connectivity index (χ0v) is 47.3. The van der Waals surface area contributed by atoms with Gasteiger partial charge in [-0.1, -0.05) is 263 Å². The Bertz CT molecular complexity index is 5670. The Balaban J connectivity index is 1.09. The van der Waals surface area contributed by atoms with Crippen LogP contribution >= 0.6 is 0 Å². The van der Waals surface area contributed by atoms with Crippen LogP contribution in [-0.2, 0) is 5.41 Å². The molecule has 0 unspecified atom stereocenters. The average molecular weight is 1130 g/mol. The molecule has 0 amide bonds. The summed E-state index contributed by atoms with van der Waals surface area (Å²) >= 11 is 0. The highest BCUT2D eigenvalue weighted by Gasteiger charge is 2.46. The molecule has 2 aromatic heterocycles. The third-order valence-electron chi connectivity index (χ3n) is 17.2. The van der Waals surface area contributed by atoms with Gasteiger partial charge in [-0.05, 0) is 110 Å². The van der Waals surface area contributed by atoms with E-state index in [-0.39, 0.29) is 67.1 Å². The number of benzene rings is 13. The molecule has 87 heavy (non-hydrogen) atoms. The molecular weight excluding hydrogens is 1050 g/mol. The molecule has 15 aromatic rings. The number of para-hydroxylation sites is 6. The number of anilines is 6. The molecule has 4 nitrogen and oxygen atoms in total. The van der Waals surface area contributed by atoms with Crippen molar-refractivity contribution in [3.63, 3.8) is 0 Å². The van der Waals surface area contributed by atoms with Gasteiger partial charge in [0.1, 0.15) is 0 Å². The van der Waals surface area contributed by atoms with Crippen LogP contribution in [0.25, 0.3) is 99.5 Å². The predicted octanol–water partition coefficient (Wildman–Crippen LogP) is 19.9. The fourth-order valence-electron chi connectivity index (χ4n) is 13.3. The molecule has 0 N–H and O–H groups in total. The van der Waals surface area contributed by atoms with Gasteiger partial charge in [0.25, 0.3) is 6.71 Å². The van der Waals surface area contributed by atoms with Crippen LogP contribution in [0, 0.1) is 0 Å². The molecule has 0 saturated carbocycles. The van der Waals surface area contributed by atoms with Gasteiger partial charge in [0, 0.05) is 77.9 Å². The molecule has 0 bridgehead atoms. The maximum atomic E-state index is 9.72. The van der Waals surface area contributed by atoms with Gasteiger partial charge in [0.05, 0.1) is 58.1 Å². The first-order valence-corrected chi connectivity index (χ1v) is 28.9. The normalized spacial score (nSPS) is 15.6.